The van der Waals surface area contributed by atoms with Crippen LogP contribution in [0.1, 0.15) is 52.9 Å². The van der Waals surface area contributed by atoms with E-state index < -0.39 is 53.9 Å². The van der Waals surface area contributed by atoms with Crippen molar-refractivity contribution in [3.8, 4) is 0 Å². The van der Waals surface area contributed by atoms with Crippen LogP contribution in [0.5, 0.6) is 0 Å². The Kier molecular flexibility index (Phi) is 11.5. The highest BCUT2D eigenvalue weighted by atomic mass is 16.6. The Morgan fingerprint density at radius 2 is 1.31 bits per heavy atom. The number of aliphatic carboxylic acids is 2. The van der Waals surface area contributed by atoms with Crippen LogP contribution < -0.4 is 0 Å². The third-order valence-corrected chi connectivity index (χ3v) is 4.01. The summed E-state index contributed by atoms with van der Waals surface area (Å²) in [5, 5.41) is 28.1. The number of carboxylic acid groups (broad SMARTS) is 2. The highest BCUT2D eigenvalue weighted by Crippen LogP contribution is 2.24. The SMILES string of the molecule is CCCCOC(=O)C(OC(=O)C(C)C(O)(CC(=O)O)C(=O)O)C(=O)OCCCC. The maximum Gasteiger partial charge on any atom is 0.359 e. The van der Waals surface area contributed by atoms with E-state index in [1.807, 2.05) is 13.8 Å². The van der Waals surface area contributed by atoms with Crippen molar-refractivity contribution in [2.24, 2.45) is 5.92 Å². The number of rotatable bonds is 14. The average Bonchev–Trinajstić information content (AvgIpc) is 2.64. The molecule has 2 atom stereocenters. The first-order valence-corrected chi connectivity index (χ1v) is 9.22. The summed E-state index contributed by atoms with van der Waals surface area (Å²) < 4.78 is 14.5. The molecule has 0 fully saturated rings. The molecule has 0 aromatic carbocycles. The van der Waals surface area contributed by atoms with E-state index in [2.05, 4.69) is 0 Å². The topological polar surface area (TPSA) is 174 Å². The second kappa shape index (κ2) is 12.7. The normalized spacial score (nSPS) is 13.8. The molecule has 0 aliphatic rings. The van der Waals surface area contributed by atoms with Gasteiger partial charge in [-0.05, 0) is 19.8 Å². The number of esters is 3. The van der Waals surface area contributed by atoms with Crippen LogP contribution in [0, 0.1) is 5.92 Å². The number of carbonyl (C=O) groups excluding carboxylic acids is 3. The monoisotopic (exact) mass is 420 g/mol. The van der Waals surface area contributed by atoms with E-state index in [4.69, 9.17) is 24.4 Å². The number of aliphatic hydroxyl groups is 1. The molecule has 0 rings (SSSR count). The molecule has 0 aromatic rings. The smallest absolute Gasteiger partial charge is 0.359 e. The van der Waals surface area contributed by atoms with E-state index in [0.29, 0.717) is 25.7 Å². The molecule has 0 spiro atoms. The fourth-order valence-electron chi connectivity index (χ4n) is 2.04. The van der Waals surface area contributed by atoms with E-state index in [1.165, 1.54) is 0 Å². The molecular weight excluding hydrogens is 392 g/mol. The fraction of sp³-hybridized carbons (Fsp3) is 0.722. The third kappa shape index (κ3) is 8.46. The van der Waals surface area contributed by atoms with Crippen molar-refractivity contribution in [2.75, 3.05) is 13.2 Å². The molecule has 0 heterocycles. The number of hydrogen-bond acceptors (Lipinski definition) is 9. The van der Waals surface area contributed by atoms with Gasteiger partial charge in [0.15, 0.2) is 5.60 Å². The number of ether oxygens (including phenoxy) is 3. The molecule has 0 amide bonds. The Morgan fingerprint density at radius 1 is 0.862 bits per heavy atom. The van der Waals surface area contributed by atoms with Crippen molar-refractivity contribution >= 4 is 29.8 Å². The minimum atomic E-state index is -3.01. The zero-order valence-electron chi connectivity index (χ0n) is 16.7. The largest absolute Gasteiger partial charge is 0.481 e. The van der Waals surface area contributed by atoms with Gasteiger partial charge in [-0.2, -0.15) is 0 Å². The first-order chi connectivity index (χ1) is 13.5. The summed E-state index contributed by atoms with van der Waals surface area (Å²) in [6, 6.07) is 0. The maximum atomic E-state index is 12.3. The average molecular weight is 420 g/mol. The molecule has 0 saturated carbocycles. The van der Waals surface area contributed by atoms with Crippen LogP contribution in [0.2, 0.25) is 0 Å². The lowest BCUT2D eigenvalue weighted by Crippen LogP contribution is -2.51. The van der Waals surface area contributed by atoms with Crippen molar-refractivity contribution in [1.82, 2.24) is 0 Å². The van der Waals surface area contributed by atoms with Gasteiger partial charge in [-0.25, -0.2) is 14.4 Å². The lowest BCUT2D eigenvalue weighted by Gasteiger charge is -2.27. The fourth-order valence-corrected chi connectivity index (χ4v) is 2.04. The molecular formula is C18H28O11. The van der Waals surface area contributed by atoms with E-state index in [1.54, 1.807) is 0 Å². The molecule has 166 valence electrons. The van der Waals surface area contributed by atoms with E-state index >= 15 is 0 Å². The van der Waals surface area contributed by atoms with Gasteiger partial charge >= 0.3 is 29.8 Å². The number of carbonyl (C=O) groups is 5. The quantitative estimate of drug-likeness (QED) is 0.155. The zero-order valence-corrected chi connectivity index (χ0v) is 16.7. The molecule has 3 N–H and O–H groups in total. The van der Waals surface area contributed by atoms with Gasteiger partial charge < -0.3 is 29.5 Å². The van der Waals surface area contributed by atoms with Gasteiger partial charge in [-0.3, -0.25) is 9.59 Å². The van der Waals surface area contributed by atoms with Crippen LogP contribution in [0.4, 0.5) is 0 Å². The second-order valence-electron chi connectivity index (χ2n) is 6.38. The second-order valence-corrected chi connectivity index (χ2v) is 6.38. The summed E-state index contributed by atoms with van der Waals surface area (Å²) in [6.45, 7) is 4.49. The minimum absolute atomic E-state index is 0.0424. The van der Waals surface area contributed by atoms with Crippen LogP contribution in [0.25, 0.3) is 0 Å². The lowest BCUT2D eigenvalue weighted by molar-refractivity contribution is -0.191. The molecule has 0 radical (unpaired) electrons. The first kappa shape index (κ1) is 26.3. The summed E-state index contributed by atoms with van der Waals surface area (Å²) >= 11 is 0. The molecule has 0 aliphatic carbocycles. The molecule has 11 nitrogen and oxygen atoms in total. The van der Waals surface area contributed by atoms with Crippen LogP contribution in [-0.2, 0) is 38.2 Å². The first-order valence-electron chi connectivity index (χ1n) is 9.22. The predicted molar refractivity (Wildman–Crippen MR) is 95.6 cm³/mol. The Morgan fingerprint density at radius 3 is 1.66 bits per heavy atom. The van der Waals surface area contributed by atoms with Crippen molar-refractivity contribution < 1.29 is 53.5 Å². The summed E-state index contributed by atoms with van der Waals surface area (Å²) in [6.07, 6.45) is -1.06. The van der Waals surface area contributed by atoms with Crippen LogP contribution in [0.3, 0.4) is 0 Å². The standard InChI is InChI=1S/C18H28O11/c1-4-6-8-27-15(22)13(16(23)28-9-7-5-2)29-14(21)11(3)18(26,17(24)25)10-12(19)20/h11,13,26H,4-10H2,1-3H3,(H,19,20)(H,24,25). The summed E-state index contributed by atoms with van der Waals surface area (Å²) in [5.74, 6) is -9.46. The van der Waals surface area contributed by atoms with Gasteiger partial charge in [0.1, 0.15) is 0 Å². The van der Waals surface area contributed by atoms with Crippen LogP contribution in [-0.4, -0.2) is 70.1 Å². The van der Waals surface area contributed by atoms with Crippen molar-refractivity contribution in [2.45, 2.75) is 64.6 Å². The summed E-state index contributed by atoms with van der Waals surface area (Å²) in [4.78, 5) is 58.7. The predicted octanol–water partition coefficient (Wildman–Crippen LogP) is 0.511. The minimum Gasteiger partial charge on any atom is -0.481 e. The number of carboxylic acids is 2. The third-order valence-electron chi connectivity index (χ3n) is 4.01. The lowest BCUT2D eigenvalue weighted by atomic mass is 9.86. The number of unbranched alkanes of at least 4 members (excludes halogenated alkanes) is 2. The highest BCUT2D eigenvalue weighted by Gasteiger charge is 2.49. The van der Waals surface area contributed by atoms with Crippen molar-refractivity contribution in [1.29, 1.82) is 0 Å². The Labute approximate surface area is 167 Å². The summed E-state index contributed by atoms with van der Waals surface area (Å²) in [5.41, 5.74) is -3.01. The summed E-state index contributed by atoms with van der Waals surface area (Å²) in [7, 11) is 0. The Balaban J connectivity index is 5.43. The van der Waals surface area contributed by atoms with E-state index in [-0.39, 0.29) is 13.2 Å². The molecule has 11 heteroatoms. The van der Waals surface area contributed by atoms with E-state index in [0.717, 1.165) is 6.92 Å². The maximum absolute atomic E-state index is 12.3. The zero-order chi connectivity index (χ0) is 22.6. The van der Waals surface area contributed by atoms with Crippen LogP contribution >= 0.6 is 0 Å². The van der Waals surface area contributed by atoms with Gasteiger partial charge in [0, 0.05) is 0 Å². The van der Waals surface area contributed by atoms with Crippen molar-refractivity contribution in [3.63, 3.8) is 0 Å². The number of hydrogen-bond donors (Lipinski definition) is 3. The van der Waals surface area contributed by atoms with Gasteiger partial charge in [0.25, 0.3) is 6.10 Å². The molecule has 0 aliphatic heterocycles. The highest BCUT2D eigenvalue weighted by molar-refractivity contribution is 6.00. The Hall–Kier alpha value is -2.69. The molecule has 0 saturated heterocycles. The van der Waals surface area contributed by atoms with Gasteiger partial charge in [0.05, 0.1) is 25.6 Å². The van der Waals surface area contributed by atoms with Crippen LogP contribution in [0.15, 0.2) is 0 Å². The molecule has 0 aromatic heterocycles. The Bertz CT molecular complexity index is 579. The van der Waals surface area contributed by atoms with E-state index in [9.17, 15) is 29.1 Å². The molecule has 2 unspecified atom stereocenters. The van der Waals surface area contributed by atoms with Crippen molar-refractivity contribution in [3.05, 3.63) is 0 Å². The van der Waals surface area contributed by atoms with Gasteiger partial charge in [-0.15, -0.1) is 0 Å². The van der Waals surface area contributed by atoms with Gasteiger partial charge in [0.2, 0.25) is 0 Å². The molecule has 29 heavy (non-hydrogen) atoms. The molecule has 0 bridgehead atoms. The van der Waals surface area contributed by atoms with Gasteiger partial charge in [-0.1, -0.05) is 26.7 Å².